The molecule has 0 heterocycles. The highest BCUT2D eigenvalue weighted by Gasteiger charge is 2.35. The lowest BCUT2D eigenvalue weighted by Gasteiger charge is -2.33. The Kier molecular flexibility index (Phi) is 10.2. The molecule has 0 spiro atoms. The largest absolute Gasteiger partial charge is 0.357 e. The van der Waals surface area contributed by atoms with Crippen molar-refractivity contribution in [1.82, 2.24) is 10.2 Å². The number of carbonyl (C=O) groups is 2. The molecule has 4 rings (SSSR count). The lowest BCUT2D eigenvalue weighted by molar-refractivity contribution is -0.139. The fourth-order valence-electron chi connectivity index (χ4n) is 4.42. The van der Waals surface area contributed by atoms with Gasteiger partial charge in [0.2, 0.25) is 11.8 Å². The van der Waals surface area contributed by atoms with Gasteiger partial charge in [-0.15, -0.1) is 0 Å². The van der Waals surface area contributed by atoms with Crippen molar-refractivity contribution < 1.29 is 22.4 Å². The predicted molar refractivity (Wildman–Crippen MR) is 162 cm³/mol. The van der Waals surface area contributed by atoms with Crippen molar-refractivity contribution in [3.8, 4) is 0 Å². The highest BCUT2D eigenvalue weighted by molar-refractivity contribution is 7.92. The van der Waals surface area contributed by atoms with E-state index in [1.165, 1.54) is 66.5 Å². The Balaban J connectivity index is 1.81. The maximum absolute atomic E-state index is 14.2. The number of rotatable bonds is 11. The molecule has 0 fully saturated rings. The summed E-state index contributed by atoms with van der Waals surface area (Å²) in [5.74, 6) is -1.59. The molecule has 4 aromatic rings. The van der Waals surface area contributed by atoms with Crippen LogP contribution in [0.1, 0.15) is 11.1 Å². The van der Waals surface area contributed by atoms with Crippen molar-refractivity contribution in [3.05, 3.63) is 130 Å². The molecule has 1 N–H and O–H groups in total. The van der Waals surface area contributed by atoms with Gasteiger partial charge in [-0.1, -0.05) is 83.9 Å². The third-order valence-corrected chi connectivity index (χ3v) is 8.90. The zero-order valence-corrected chi connectivity index (χ0v) is 24.9. The van der Waals surface area contributed by atoms with Gasteiger partial charge in [0.15, 0.2) is 0 Å². The number of hydrogen-bond acceptors (Lipinski definition) is 4. The Labute approximate surface area is 254 Å². The first-order chi connectivity index (χ1) is 20.1. The van der Waals surface area contributed by atoms with Gasteiger partial charge >= 0.3 is 0 Å². The van der Waals surface area contributed by atoms with Gasteiger partial charge in [-0.05, 0) is 53.6 Å². The number of halogens is 3. The number of hydrogen-bond donors (Lipinski definition) is 1. The first-order valence-corrected chi connectivity index (χ1v) is 15.1. The van der Waals surface area contributed by atoms with E-state index in [0.29, 0.717) is 5.56 Å². The van der Waals surface area contributed by atoms with E-state index in [0.717, 1.165) is 9.87 Å². The summed E-state index contributed by atoms with van der Waals surface area (Å²) in [5, 5.41) is 2.88. The van der Waals surface area contributed by atoms with Crippen LogP contribution in [0.2, 0.25) is 10.0 Å². The van der Waals surface area contributed by atoms with E-state index in [-0.39, 0.29) is 33.6 Å². The Morgan fingerprint density at radius 3 is 2.10 bits per heavy atom. The Morgan fingerprint density at radius 2 is 1.48 bits per heavy atom. The van der Waals surface area contributed by atoms with Crippen molar-refractivity contribution in [2.24, 2.45) is 0 Å². The maximum atomic E-state index is 14.2. The van der Waals surface area contributed by atoms with Gasteiger partial charge in [-0.3, -0.25) is 13.9 Å². The summed E-state index contributed by atoms with van der Waals surface area (Å²) in [4.78, 5) is 28.7. The molecule has 0 aliphatic rings. The van der Waals surface area contributed by atoms with Crippen molar-refractivity contribution in [2.45, 2.75) is 23.9 Å². The van der Waals surface area contributed by atoms with E-state index < -0.39 is 40.2 Å². The van der Waals surface area contributed by atoms with Crippen LogP contribution in [0.3, 0.4) is 0 Å². The van der Waals surface area contributed by atoms with Crippen molar-refractivity contribution in [3.63, 3.8) is 0 Å². The minimum Gasteiger partial charge on any atom is -0.357 e. The van der Waals surface area contributed by atoms with Crippen molar-refractivity contribution >= 4 is 50.7 Å². The van der Waals surface area contributed by atoms with Gasteiger partial charge in [0, 0.05) is 25.0 Å². The van der Waals surface area contributed by atoms with E-state index >= 15 is 0 Å². The van der Waals surface area contributed by atoms with E-state index in [9.17, 15) is 22.4 Å². The number of carbonyl (C=O) groups excluding carboxylic acids is 2. The summed E-state index contributed by atoms with van der Waals surface area (Å²) in [6.07, 6.45) is 0.150. The van der Waals surface area contributed by atoms with Gasteiger partial charge < -0.3 is 10.2 Å². The molecular weight excluding hydrogens is 600 g/mol. The predicted octanol–water partition coefficient (Wildman–Crippen LogP) is 5.71. The summed E-state index contributed by atoms with van der Waals surface area (Å²) in [6, 6.07) is 25.5. The lowest BCUT2D eigenvalue weighted by Crippen LogP contribution is -2.53. The summed E-state index contributed by atoms with van der Waals surface area (Å²) < 4.78 is 42.4. The summed E-state index contributed by atoms with van der Waals surface area (Å²) in [7, 11) is -2.86. The first kappa shape index (κ1) is 31.0. The molecule has 0 aromatic heterocycles. The SMILES string of the molecule is CNC(=O)C(Cc1ccccc1)N(Cc1ccc(F)cc1)C(=O)CN(c1cc(Cl)ccc1Cl)S(=O)(=O)c1ccccc1. The molecule has 11 heteroatoms. The zero-order chi connectivity index (χ0) is 30.3. The van der Waals surface area contributed by atoms with Crippen LogP contribution in [0, 0.1) is 5.82 Å². The quantitative estimate of drug-likeness (QED) is 0.231. The second kappa shape index (κ2) is 13.8. The monoisotopic (exact) mass is 627 g/mol. The number of amides is 2. The number of sulfonamides is 1. The number of likely N-dealkylation sites (N-methyl/N-ethyl adjacent to an activating group) is 1. The average molecular weight is 629 g/mol. The fraction of sp³-hybridized carbons (Fsp3) is 0.161. The minimum absolute atomic E-state index is 0.00246. The summed E-state index contributed by atoms with van der Waals surface area (Å²) in [5.41, 5.74) is 1.34. The molecule has 1 atom stereocenters. The van der Waals surface area contributed by atoms with E-state index in [4.69, 9.17) is 23.2 Å². The Bertz CT molecular complexity index is 1640. The molecule has 0 bridgehead atoms. The van der Waals surface area contributed by atoms with Crippen LogP contribution in [-0.2, 0) is 32.6 Å². The standard InChI is InChI=1S/C31H28Cl2FN3O4S/c1-35-31(39)29(18-22-8-4-2-5-9-22)36(20-23-12-15-25(34)16-13-23)30(38)21-37(28-19-24(32)14-17-27(28)33)42(40,41)26-10-6-3-7-11-26/h2-17,19,29H,18,20-21H2,1H3,(H,35,39). The first-order valence-electron chi connectivity index (χ1n) is 12.9. The summed E-state index contributed by atoms with van der Waals surface area (Å²) >= 11 is 12.7. The van der Waals surface area contributed by atoms with Crippen molar-refractivity contribution in [2.75, 3.05) is 17.9 Å². The van der Waals surface area contributed by atoms with E-state index in [2.05, 4.69) is 5.32 Å². The van der Waals surface area contributed by atoms with Gasteiger partial charge in [-0.2, -0.15) is 0 Å². The van der Waals surface area contributed by atoms with Gasteiger partial charge in [0.05, 0.1) is 15.6 Å². The fourth-order valence-corrected chi connectivity index (χ4v) is 6.30. The normalized spacial score (nSPS) is 11.9. The molecular formula is C31H28Cl2FN3O4S. The Hall–Kier alpha value is -3.92. The van der Waals surface area contributed by atoms with Gasteiger partial charge in [0.25, 0.3) is 10.0 Å². The molecule has 0 saturated carbocycles. The van der Waals surface area contributed by atoms with Crippen LogP contribution >= 0.6 is 23.2 Å². The second-order valence-electron chi connectivity index (χ2n) is 9.39. The van der Waals surface area contributed by atoms with Crippen molar-refractivity contribution in [1.29, 1.82) is 0 Å². The van der Waals surface area contributed by atoms with Crippen LogP contribution in [0.4, 0.5) is 10.1 Å². The maximum Gasteiger partial charge on any atom is 0.264 e. The molecule has 7 nitrogen and oxygen atoms in total. The van der Waals surface area contributed by atoms with Crippen LogP contribution in [0.15, 0.2) is 108 Å². The number of benzene rings is 4. The molecule has 0 aliphatic heterocycles. The zero-order valence-electron chi connectivity index (χ0n) is 22.6. The number of anilines is 1. The molecule has 42 heavy (non-hydrogen) atoms. The van der Waals surface area contributed by atoms with E-state index in [1.807, 2.05) is 30.3 Å². The van der Waals surface area contributed by atoms with Gasteiger partial charge in [-0.25, -0.2) is 12.8 Å². The van der Waals surface area contributed by atoms with Gasteiger partial charge in [0.1, 0.15) is 18.4 Å². The van der Waals surface area contributed by atoms with Crippen LogP contribution in [-0.4, -0.2) is 44.8 Å². The highest BCUT2D eigenvalue weighted by Crippen LogP contribution is 2.33. The molecule has 2 amide bonds. The van der Waals surface area contributed by atoms with Crippen LogP contribution in [0.5, 0.6) is 0 Å². The molecule has 1 unspecified atom stereocenters. The smallest absolute Gasteiger partial charge is 0.264 e. The third-order valence-electron chi connectivity index (χ3n) is 6.57. The lowest BCUT2D eigenvalue weighted by atomic mass is 10.0. The number of nitrogens with zero attached hydrogens (tertiary/aromatic N) is 2. The summed E-state index contributed by atoms with van der Waals surface area (Å²) in [6.45, 7) is -0.784. The topological polar surface area (TPSA) is 86.8 Å². The highest BCUT2D eigenvalue weighted by atomic mass is 35.5. The van der Waals surface area contributed by atoms with Crippen LogP contribution < -0.4 is 9.62 Å². The van der Waals surface area contributed by atoms with E-state index in [1.54, 1.807) is 18.2 Å². The molecule has 0 radical (unpaired) electrons. The molecule has 0 aliphatic carbocycles. The molecule has 218 valence electrons. The Morgan fingerprint density at radius 1 is 0.857 bits per heavy atom. The third kappa shape index (κ3) is 7.47. The average Bonchev–Trinajstić information content (AvgIpc) is 3.00. The minimum atomic E-state index is -4.32. The second-order valence-corrected chi connectivity index (χ2v) is 12.1. The van der Waals surface area contributed by atoms with Crippen LogP contribution in [0.25, 0.3) is 0 Å². The molecule has 0 saturated heterocycles. The number of nitrogens with one attached hydrogen (secondary N) is 1. The molecule has 4 aromatic carbocycles.